The zero-order chi connectivity index (χ0) is 11.0. The molecule has 3 atom stereocenters. The molecule has 0 saturated carbocycles. The number of unbranched alkanes of at least 4 members (excludes halogenated alkanes) is 1. The molecule has 0 heterocycles. The highest BCUT2D eigenvalue weighted by Crippen LogP contribution is 2.24. The molecule has 3 nitrogen and oxygen atoms in total. The van der Waals surface area contributed by atoms with Crippen LogP contribution in [0.2, 0.25) is 0 Å². The van der Waals surface area contributed by atoms with Crippen molar-refractivity contribution < 1.29 is 0 Å². The van der Waals surface area contributed by atoms with Crippen LogP contribution in [-0.4, -0.2) is 6.04 Å². The van der Waals surface area contributed by atoms with Crippen LogP contribution in [-0.2, 0) is 0 Å². The molecule has 0 aliphatic rings. The first-order chi connectivity index (χ1) is 6.67. The van der Waals surface area contributed by atoms with Gasteiger partial charge in [0.2, 0.25) is 0 Å². The molecule has 0 aliphatic heterocycles. The molecule has 14 heavy (non-hydrogen) atoms. The first-order valence-corrected chi connectivity index (χ1v) is 5.71. The largest absolute Gasteiger partial charge is 0.0903 e. The zero-order valence-electron chi connectivity index (χ0n) is 9.90. The monoisotopic (exact) mass is 197 g/mol. The Bertz CT molecular complexity index is 185. The third-order valence-corrected chi connectivity index (χ3v) is 3.14. The average Bonchev–Trinajstić information content (AvgIpc) is 2.21. The van der Waals surface area contributed by atoms with Crippen LogP contribution in [0.4, 0.5) is 0 Å². The van der Waals surface area contributed by atoms with E-state index in [1.807, 2.05) is 0 Å². The van der Waals surface area contributed by atoms with Gasteiger partial charge >= 0.3 is 0 Å². The Hall–Kier alpha value is -0.690. The fraction of sp³-hybridized carbons (Fsp3) is 1.00. The second-order valence-corrected chi connectivity index (χ2v) is 4.16. The van der Waals surface area contributed by atoms with Crippen LogP contribution in [0.3, 0.4) is 0 Å². The second-order valence-electron chi connectivity index (χ2n) is 4.16. The fourth-order valence-corrected chi connectivity index (χ4v) is 1.79. The predicted molar refractivity (Wildman–Crippen MR) is 61.1 cm³/mol. The highest BCUT2D eigenvalue weighted by molar-refractivity contribution is 4.76. The van der Waals surface area contributed by atoms with E-state index >= 15 is 0 Å². The van der Waals surface area contributed by atoms with Crippen LogP contribution >= 0.6 is 0 Å². The molecule has 0 N–H and O–H groups in total. The molecular formula is C11H23N3. The van der Waals surface area contributed by atoms with Crippen molar-refractivity contribution in [1.82, 2.24) is 0 Å². The molecule has 0 aliphatic carbocycles. The number of hydrogen-bond donors (Lipinski definition) is 0. The molecule has 0 rings (SSSR count). The Balaban J connectivity index is 4.11. The lowest BCUT2D eigenvalue weighted by Crippen LogP contribution is -2.21. The predicted octanol–water partition coefficient (Wildman–Crippen LogP) is 4.54. The number of hydrogen-bond acceptors (Lipinski definition) is 1. The van der Waals surface area contributed by atoms with Crippen molar-refractivity contribution in [3.8, 4) is 0 Å². The summed E-state index contributed by atoms with van der Waals surface area (Å²) in [4.78, 5) is 2.92. The van der Waals surface area contributed by atoms with Crippen LogP contribution in [0.5, 0.6) is 0 Å². The lowest BCUT2D eigenvalue weighted by molar-refractivity contribution is 0.297. The van der Waals surface area contributed by atoms with E-state index in [1.165, 1.54) is 19.3 Å². The molecule has 3 heteroatoms. The molecule has 0 aromatic rings. The van der Waals surface area contributed by atoms with Gasteiger partial charge in [0.15, 0.2) is 0 Å². The Labute approximate surface area is 87.5 Å². The van der Waals surface area contributed by atoms with Gasteiger partial charge in [0.05, 0.1) is 0 Å². The minimum absolute atomic E-state index is 0.173. The van der Waals surface area contributed by atoms with Crippen LogP contribution < -0.4 is 0 Å². The van der Waals surface area contributed by atoms with Gasteiger partial charge in [-0.2, -0.15) is 0 Å². The van der Waals surface area contributed by atoms with Gasteiger partial charge in [-0.05, 0) is 23.8 Å². The summed E-state index contributed by atoms with van der Waals surface area (Å²) in [6.45, 7) is 8.75. The molecule has 0 spiro atoms. The van der Waals surface area contributed by atoms with E-state index in [2.05, 4.69) is 37.7 Å². The molecule has 0 radical (unpaired) electrons. The third-order valence-electron chi connectivity index (χ3n) is 3.14. The molecule has 0 aromatic heterocycles. The van der Waals surface area contributed by atoms with Gasteiger partial charge in [0, 0.05) is 11.0 Å². The molecule has 0 bridgehead atoms. The van der Waals surface area contributed by atoms with Crippen molar-refractivity contribution >= 4 is 0 Å². The van der Waals surface area contributed by atoms with E-state index in [1.54, 1.807) is 0 Å². The molecule has 3 unspecified atom stereocenters. The maximum absolute atomic E-state index is 8.43. The standard InChI is InChI=1S/C11H23N3/c1-5-7-8-9(3)10(4)11(6-2)13-14-12/h9-11H,5-8H2,1-4H3. The van der Waals surface area contributed by atoms with Crippen molar-refractivity contribution in [3.05, 3.63) is 10.4 Å². The van der Waals surface area contributed by atoms with Crippen LogP contribution in [0.1, 0.15) is 53.4 Å². The summed E-state index contributed by atoms with van der Waals surface area (Å²) < 4.78 is 0. The van der Waals surface area contributed by atoms with Crippen molar-refractivity contribution in [1.29, 1.82) is 0 Å². The third kappa shape index (κ3) is 4.52. The molecular weight excluding hydrogens is 174 g/mol. The van der Waals surface area contributed by atoms with Crippen molar-refractivity contribution in [3.63, 3.8) is 0 Å². The van der Waals surface area contributed by atoms with E-state index in [0.29, 0.717) is 11.8 Å². The van der Waals surface area contributed by atoms with Gasteiger partial charge in [-0.15, -0.1) is 0 Å². The van der Waals surface area contributed by atoms with Gasteiger partial charge in [0.25, 0.3) is 0 Å². The Morgan fingerprint density at radius 3 is 2.36 bits per heavy atom. The van der Waals surface area contributed by atoms with Gasteiger partial charge < -0.3 is 0 Å². The van der Waals surface area contributed by atoms with Crippen molar-refractivity contribution in [2.75, 3.05) is 0 Å². The van der Waals surface area contributed by atoms with Gasteiger partial charge in [-0.3, -0.25) is 0 Å². The number of azide groups is 1. The quantitative estimate of drug-likeness (QED) is 0.327. The normalized spacial score (nSPS) is 16.9. The summed E-state index contributed by atoms with van der Waals surface area (Å²) >= 11 is 0. The van der Waals surface area contributed by atoms with Gasteiger partial charge in [-0.1, -0.05) is 52.1 Å². The highest BCUT2D eigenvalue weighted by atomic mass is 15.1. The summed E-state index contributed by atoms with van der Waals surface area (Å²) in [5, 5.41) is 3.85. The summed E-state index contributed by atoms with van der Waals surface area (Å²) in [6, 6.07) is 0.173. The summed E-state index contributed by atoms with van der Waals surface area (Å²) in [7, 11) is 0. The first-order valence-electron chi connectivity index (χ1n) is 5.71. The van der Waals surface area contributed by atoms with E-state index in [4.69, 9.17) is 5.53 Å². The lowest BCUT2D eigenvalue weighted by Gasteiger charge is -2.24. The van der Waals surface area contributed by atoms with Gasteiger partial charge in [-0.25, -0.2) is 0 Å². The highest BCUT2D eigenvalue weighted by Gasteiger charge is 2.19. The summed E-state index contributed by atoms with van der Waals surface area (Å²) in [5.41, 5.74) is 8.43. The summed E-state index contributed by atoms with van der Waals surface area (Å²) in [5.74, 6) is 1.16. The topological polar surface area (TPSA) is 48.8 Å². The molecule has 0 saturated heterocycles. The average molecular weight is 197 g/mol. The second kappa shape index (κ2) is 7.69. The minimum Gasteiger partial charge on any atom is -0.0903 e. The van der Waals surface area contributed by atoms with E-state index in [0.717, 1.165) is 6.42 Å². The first kappa shape index (κ1) is 13.3. The fourth-order valence-electron chi connectivity index (χ4n) is 1.79. The number of rotatable bonds is 7. The number of nitrogens with zero attached hydrogens (tertiary/aromatic N) is 3. The molecule has 0 fully saturated rings. The van der Waals surface area contributed by atoms with E-state index in [9.17, 15) is 0 Å². The molecule has 0 aromatic carbocycles. The Morgan fingerprint density at radius 2 is 1.93 bits per heavy atom. The van der Waals surface area contributed by atoms with Crippen molar-refractivity contribution in [2.45, 2.75) is 59.4 Å². The molecule has 82 valence electrons. The SMILES string of the molecule is CCCCC(C)C(C)C(CC)N=[N+]=[N-]. The maximum atomic E-state index is 8.43. The van der Waals surface area contributed by atoms with Gasteiger partial charge in [0.1, 0.15) is 0 Å². The maximum Gasteiger partial charge on any atom is 0.0399 e. The van der Waals surface area contributed by atoms with Crippen LogP contribution in [0.25, 0.3) is 10.4 Å². The van der Waals surface area contributed by atoms with Crippen molar-refractivity contribution in [2.24, 2.45) is 17.0 Å². The zero-order valence-corrected chi connectivity index (χ0v) is 9.90. The van der Waals surface area contributed by atoms with E-state index in [-0.39, 0.29) is 6.04 Å². The Kier molecular flexibility index (Phi) is 7.31. The Morgan fingerprint density at radius 1 is 1.29 bits per heavy atom. The van der Waals surface area contributed by atoms with Crippen LogP contribution in [0.15, 0.2) is 5.11 Å². The molecule has 0 amide bonds. The van der Waals surface area contributed by atoms with E-state index < -0.39 is 0 Å². The minimum atomic E-state index is 0.173. The summed E-state index contributed by atoms with van der Waals surface area (Å²) in [6.07, 6.45) is 4.71. The smallest absolute Gasteiger partial charge is 0.0399 e. The lowest BCUT2D eigenvalue weighted by atomic mass is 9.85. The van der Waals surface area contributed by atoms with Crippen LogP contribution in [0, 0.1) is 11.8 Å².